The van der Waals surface area contributed by atoms with Crippen molar-refractivity contribution in [1.29, 1.82) is 0 Å². The molecule has 0 N–H and O–H groups in total. The van der Waals surface area contributed by atoms with Crippen LogP contribution in [0.2, 0.25) is 0 Å². The minimum absolute atomic E-state index is 0.880. The van der Waals surface area contributed by atoms with Gasteiger partial charge in [-0.15, -0.1) is 9.24 Å². The Bertz CT molecular complexity index is 120. The summed E-state index contributed by atoms with van der Waals surface area (Å²) < 4.78 is 0. The summed E-state index contributed by atoms with van der Waals surface area (Å²) in [6.07, 6.45) is 4.33. The fourth-order valence-corrected chi connectivity index (χ4v) is 3.38. The van der Waals surface area contributed by atoms with Crippen molar-refractivity contribution < 1.29 is 0 Å². The van der Waals surface area contributed by atoms with Crippen molar-refractivity contribution in [2.45, 2.75) is 45.7 Å². The topological polar surface area (TPSA) is 0 Å². The Hall–Kier alpha value is 0.430. The first-order valence-corrected chi connectivity index (χ1v) is 5.53. The van der Waals surface area contributed by atoms with E-state index < -0.39 is 0 Å². The van der Waals surface area contributed by atoms with Crippen LogP contribution in [-0.2, 0) is 0 Å². The zero-order valence-electron chi connectivity index (χ0n) is 8.01. The third-order valence-electron chi connectivity index (χ3n) is 3.07. The van der Waals surface area contributed by atoms with E-state index in [1.54, 1.807) is 0 Å². The first-order valence-electron chi connectivity index (χ1n) is 4.87. The highest BCUT2D eigenvalue weighted by Gasteiger charge is 2.27. The van der Waals surface area contributed by atoms with E-state index in [9.17, 15) is 0 Å². The Morgan fingerprint density at radius 1 is 1.27 bits per heavy atom. The Kier molecular flexibility index (Phi) is 3.37. The predicted molar refractivity (Wildman–Crippen MR) is 54.8 cm³/mol. The summed E-state index contributed by atoms with van der Waals surface area (Å²) in [4.78, 5) is 0. The third-order valence-corrected chi connectivity index (χ3v) is 3.84. The molecule has 0 radical (unpaired) electrons. The summed E-state index contributed by atoms with van der Waals surface area (Å²) in [5.41, 5.74) is 0.888. The molecule has 11 heavy (non-hydrogen) atoms. The molecule has 1 saturated carbocycles. The average molecular weight is 172 g/mol. The molecule has 0 spiro atoms. The van der Waals surface area contributed by atoms with Crippen molar-refractivity contribution >= 4 is 9.24 Å². The molecule has 1 aliphatic carbocycles. The summed E-state index contributed by atoms with van der Waals surface area (Å²) in [6, 6.07) is 0. The molecule has 0 aromatic rings. The largest absolute Gasteiger partial charge is 0.134 e. The van der Waals surface area contributed by atoms with Gasteiger partial charge < -0.3 is 0 Å². The second kappa shape index (κ2) is 3.90. The minimum Gasteiger partial charge on any atom is -0.134 e. The molecule has 4 atom stereocenters. The van der Waals surface area contributed by atoms with Crippen LogP contribution >= 0.6 is 9.24 Å². The molecule has 0 aromatic carbocycles. The van der Waals surface area contributed by atoms with Crippen molar-refractivity contribution in [1.82, 2.24) is 0 Å². The molecular weight excluding hydrogens is 151 g/mol. The maximum Gasteiger partial charge on any atom is -0.0231 e. The highest BCUT2D eigenvalue weighted by atomic mass is 31.0. The van der Waals surface area contributed by atoms with E-state index in [0.29, 0.717) is 0 Å². The van der Waals surface area contributed by atoms with Crippen LogP contribution < -0.4 is 0 Å². The van der Waals surface area contributed by atoms with Crippen LogP contribution in [0.25, 0.3) is 0 Å². The monoisotopic (exact) mass is 172 g/mol. The molecule has 0 nitrogen and oxygen atoms in total. The van der Waals surface area contributed by atoms with Crippen molar-refractivity contribution in [3.05, 3.63) is 0 Å². The molecule has 1 rings (SSSR count). The van der Waals surface area contributed by atoms with Gasteiger partial charge in [-0.1, -0.05) is 27.2 Å². The molecule has 0 aliphatic heterocycles. The lowest BCUT2D eigenvalue weighted by Gasteiger charge is -2.34. The van der Waals surface area contributed by atoms with E-state index in [1.165, 1.54) is 19.3 Å². The molecule has 1 heteroatoms. The van der Waals surface area contributed by atoms with Gasteiger partial charge in [0.1, 0.15) is 0 Å². The van der Waals surface area contributed by atoms with Crippen molar-refractivity contribution in [3.63, 3.8) is 0 Å². The maximum atomic E-state index is 3.04. The van der Waals surface area contributed by atoms with E-state index in [4.69, 9.17) is 0 Å². The highest BCUT2D eigenvalue weighted by molar-refractivity contribution is 7.17. The second-order valence-electron chi connectivity index (χ2n) is 4.49. The van der Waals surface area contributed by atoms with Crippen LogP contribution in [0.5, 0.6) is 0 Å². The number of hydrogen-bond acceptors (Lipinski definition) is 0. The summed E-state index contributed by atoms with van der Waals surface area (Å²) in [5, 5.41) is 0. The van der Waals surface area contributed by atoms with Crippen molar-refractivity contribution in [2.75, 3.05) is 0 Å². The molecule has 0 saturated heterocycles. The fourth-order valence-electron chi connectivity index (χ4n) is 2.28. The van der Waals surface area contributed by atoms with E-state index >= 15 is 0 Å². The molecule has 0 bridgehead atoms. The zero-order valence-corrected chi connectivity index (χ0v) is 9.16. The first kappa shape index (κ1) is 9.52. The predicted octanol–water partition coefficient (Wildman–Crippen LogP) is 3.32. The van der Waals surface area contributed by atoms with Gasteiger partial charge in [-0.3, -0.25) is 0 Å². The lowest BCUT2D eigenvalue weighted by atomic mass is 9.77. The van der Waals surface area contributed by atoms with Gasteiger partial charge in [0.15, 0.2) is 0 Å². The SMILES string of the molecule is CC1CC[C@@H](C(C)C)[C@@H](P)C1. The molecule has 66 valence electrons. The lowest BCUT2D eigenvalue weighted by molar-refractivity contribution is 0.244. The molecule has 0 amide bonds. The molecule has 0 heterocycles. The van der Waals surface area contributed by atoms with Gasteiger partial charge in [-0.25, -0.2) is 0 Å². The first-order chi connectivity index (χ1) is 5.11. The summed E-state index contributed by atoms with van der Waals surface area (Å²) in [5.74, 6) is 2.81. The van der Waals surface area contributed by atoms with Gasteiger partial charge in [0, 0.05) is 0 Å². The van der Waals surface area contributed by atoms with Gasteiger partial charge in [0.05, 0.1) is 0 Å². The van der Waals surface area contributed by atoms with Crippen LogP contribution in [0.15, 0.2) is 0 Å². The van der Waals surface area contributed by atoms with E-state index in [-0.39, 0.29) is 0 Å². The normalized spacial score (nSPS) is 39.5. The summed E-state index contributed by atoms with van der Waals surface area (Å²) >= 11 is 0. The Morgan fingerprint density at radius 3 is 2.36 bits per heavy atom. The quantitative estimate of drug-likeness (QED) is 0.532. The molecule has 1 aliphatic rings. The summed E-state index contributed by atoms with van der Waals surface area (Å²) in [6.45, 7) is 7.10. The Balaban J connectivity index is 2.44. The van der Waals surface area contributed by atoms with E-state index in [0.717, 1.165) is 23.4 Å². The lowest BCUT2D eigenvalue weighted by Crippen LogP contribution is -2.27. The number of rotatable bonds is 1. The second-order valence-corrected chi connectivity index (χ2v) is 5.35. The smallest absolute Gasteiger partial charge is 0.0231 e. The van der Waals surface area contributed by atoms with E-state index in [1.807, 2.05) is 0 Å². The maximum absolute atomic E-state index is 3.04. The van der Waals surface area contributed by atoms with Crippen LogP contribution in [0.3, 0.4) is 0 Å². The van der Waals surface area contributed by atoms with E-state index in [2.05, 4.69) is 30.0 Å². The van der Waals surface area contributed by atoms with Crippen LogP contribution in [0.1, 0.15) is 40.0 Å². The molecular formula is C10H21P. The van der Waals surface area contributed by atoms with Gasteiger partial charge in [-0.05, 0) is 36.3 Å². The standard InChI is InChI=1S/C10H21P/c1-7(2)9-5-4-8(3)6-10(9)11/h7-10H,4-6,11H2,1-3H3/t8?,9-,10-/m0/s1. The van der Waals surface area contributed by atoms with Crippen LogP contribution in [-0.4, -0.2) is 5.66 Å². The minimum atomic E-state index is 0.880. The molecule has 0 aromatic heterocycles. The van der Waals surface area contributed by atoms with Crippen LogP contribution in [0, 0.1) is 17.8 Å². The summed E-state index contributed by atoms with van der Waals surface area (Å²) in [7, 11) is 3.04. The van der Waals surface area contributed by atoms with Gasteiger partial charge in [0.25, 0.3) is 0 Å². The Labute approximate surface area is 73.3 Å². The Morgan fingerprint density at radius 2 is 1.91 bits per heavy atom. The van der Waals surface area contributed by atoms with Gasteiger partial charge in [0.2, 0.25) is 0 Å². The van der Waals surface area contributed by atoms with Gasteiger partial charge in [-0.2, -0.15) is 0 Å². The average Bonchev–Trinajstić information content (AvgIpc) is 1.85. The molecule has 1 fully saturated rings. The third kappa shape index (κ3) is 2.44. The van der Waals surface area contributed by atoms with Crippen LogP contribution in [0.4, 0.5) is 0 Å². The molecule has 2 unspecified atom stereocenters. The van der Waals surface area contributed by atoms with Crippen molar-refractivity contribution in [3.8, 4) is 0 Å². The van der Waals surface area contributed by atoms with Crippen molar-refractivity contribution in [2.24, 2.45) is 17.8 Å². The van der Waals surface area contributed by atoms with Gasteiger partial charge >= 0.3 is 0 Å². The number of hydrogen-bond donors (Lipinski definition) is 0. The fraction of sp³-hybridized carbons (Fsp3) is 1.00. The zero-order chi connectivity index (χ0) is 8.43. The highest BCUT2D eigenvalue weighted by Crippen LogP contribution is 2.37.